The van der Waals surface area contributed by atoms with Crippen LogP contribution in [0.4, 0.5) is 10.5 Å². The van der Waals surface area contributed by atoms with Gasteiger partial charge in [0, 0.05) is 16.5 Å². The summed E-state index contributed by atoms with van der Waals surface area (Å²) in [7, 11) is 0. The summed E-state index contributed by atoms with van der Waals surface area (Å²) in [5.41, 5.74) is 3.84. The Morgan fingerprint density at radius 2 is 1.59 bits per heavy atom. The number of para-hydroxylation sites is 1. The smallest absolute Gasteiger partial charge is 0.409 e. The molecule has 3 aromatic carbocycles. The van der Waals surface area contributed by atoms with E-state index in [1.165, 1.54) is 4.90 Å². The van der Waals surface area contributed by atoms with Crippen LogP contribution in [0.5, 0.6) is 0 Å². The molecule has 190 valence electrons. The summed E-state index contributed by atoms with van der Waals surface area (Å²) in [6.45, 7) is 7.34. The molecule has 3 aromatic rings. The lowest BCUT2D eigenvalue weighted by Gasteiger charge is -2.27. The molecular weight excluding hydrogens is 466 g/mol. The van der Waals surface area contributed by atoms with Crippen molar-refractivity contribution in [3.8, 4) is 0 Å². The van der Waals surface area contributed by atoms with E-state index in [0.717, 1.165) is 16.7 Å². The molecular formula is C30H31N3O4. The first-order valence-corrected chi connectivity index (χ1v) is 12.2. The third kappa shape index (κ3) is 6.12. The van der Waals surface area contributed by atoms with Crippen molar-refractivity contribution in [2.24, 2.45) is 10.4 Å². The van der Waals surface area contributed by atoms with Gasteiger partial charge in [0.05, 0.1) is 17.9 Å². The fourth-order valence-electron chi connectivity index (χ4n) is 3.89. The third-order valence-electron chi connectivity index (χ3n) is 6.14. The summed E-state index contributed by atoms with van der Waals surface area (Å²) in [5.74, 6) is -0.622. The van der Waals surface area contributed by atoms with Crippen molar-refractivity contribution in [1.29, 1.82) is 0 Å². The minimum Gasteiger partial charge on any atom is -0.445 e. The van der Waals surface area contributed by atoms with Gasteiger partial charge in [-0.15, -0.1) is 0 Å². The van der Waals surface area contributed by atoms with Gasteiger partial charge in [-0.2, -0.15) is 0 Å². The molecule has 0 saturated carbocycles. The Morgan fingerprint density at radius 3 is 2.27 bits per heavy atom. The van der Waals surface area contributed by atoms with Crippen LogP contribution in [0, 0.1) is 12.3 Å². The normalized spacial score (nSPS) is 15.4. The summed E-state index contributed by atoms with van der Waals surface area (Å²) in [6, 6.07) is 24.4. The average molecular weight is 498 g/mol. The number of fused-ring (bicyclic) bond motifs is 1. The Kier molecular flexibility index (Phi) is 7.53. The molecule has 7 nitrogen and oxygen atoms in total. The zero-order valence-corrected chi connectivity index (χ0v) is 21.5. The highest BCUT2D eigenvalue weighted by Gasteiger charge is 2.36. The maximum Gasteiger partial charge on any atom is 0.409 e. The number of benzene rings is 3. The molecule has 0 bridgehead atoms. The predicted molar refractivity (Wildman–Crippen MR) is 144 cm³/mol. The van der Waals surface area contributed by atoms with E-state index in [-0.39, 0.29) is 18.9 Å². The number of hydrogen-bond donors (Lipinski definition) is 1. The second-order valence-electron chi connectivity index (χ2n) is 10.1. The van der Waals surface area contributed by atoms with Crippen LogP contribution in [-0.4, -0.2) is 36.2 Å². The summed E-state index contributed by atoms with van der Waals surface area (Å²) in [6.07, 6.45) is -2.05. The Bertz CT molecular complexity index is 1320. The number of nitrogens with one attached hydrogen (secondary N) is 1. The molecule has 1 aliphatic heterocycles. The van der Waals surface area contributed by atoms with Gasteiger partial charge in [0.1, 0.15) is 6.61 Å². The van der Waals surface area contributed by atoms with Gasteiger partial charge in [-0.05, 0) is 18.6 Å². The Labute approximate surface area is 217 Å². The number of amides is 2. The number of carbonyl (C=O) groups is 3. The number of rotatable bonds is 6. The van der Waals surface area contributed by atoms with Crippen molar-refractivity contribution < 1.29 is 19.1 Å². The highest BCUT2D eigenvalue weighted by Crippen LogP contribution is 2.29. The molecule has 4 rings (SSSR count). The van der Waals surface area contributed by atoms with Crippen LogP contribution in [0.15, 0.2) is 83.9 Å². The van der Waals surface area contributed by atoms with Crippen molar-refractivity contribution in [1.82, 2.24) is 5.32 Å². The molecule has 7 heteroatoms. The third-order valence-corrected chi connectivity index (χ3v) is 6.14. The molecule has 0 aromatic heterocycles. The van der Waals surface area contributed by atoms with Crippen LogP contribution in [0.3, 0.4) is 0 Å². The van der Waals surface area contributed by atoms with Gasteiger partial charge in [0.2, 0.25) is 6.17 Å². The molecule has 0 aliphatic carbocycles. The summed E-state index contributed by atoms with van der Waals surface area (Å²) in [5, 5.41) is 2.62. The number of Topliss-reactive ketones (excluding diaryl/α,β-unsaturated/α-hetero) is 1. The van der Waals surface area contributed by atoms with E-state index >= 15 is 0 Å². The highest BCUT2D eigenvalue weighted by atomic mass is 16.5. The van der Waals surface area contributed by atoms with E-state index in [4.69, 9.17) is 9.73 Å². The first kappa shape index (κ1) is 25.8. The number of aliphatic imine (C=N–C) groups is 1. The highest BCUT2D eigenvalue weighted by molar-refractivity contribution is 6.21. The minimum atomic E-state index is -1.28. The Morgan fingerprint density at radius 1 is 0.946 bits per heavy atom. The van der Waals surface area contributed by atoms with Gasteiger partial charge in [-0.3, -0.25) is 14.9 Å². The van der Waals surface area contributed by atoms with Gasteiger partial charge in [-0.1, -0.05) is 99.1 Å². The summed E-state index contributed by atoms with van der Waals surface area (Å²) < 4.78 is 5.37. The fourth-order valence-corrected chi connectivity index (χ4v) is 3.89. The van der Waals surface area contributed by atoms with Crippen LogP contribution < -0.4 is 10.2 Å². The standard InChI is InChI=1S/C30H31N3O4/c1-20-14-16-22(17-15-20)26-23-12-8-9-13-24(23)33(18-25(34)30(2,3)4)28(35)27(31-26)32-29(36)37-19-21-10-6-5-7-11-21/h5-17,27H,18-19H2,1-4H3,(H,32,36)/t27-/m1/s1. The summed E-state index contributed by atoms with van der Waals surface area (Å²) >= 11 is 0. The lowest BCUT2D eigenvalue weighted by atomic mass is 9.90. The van der Waals surface area contributed by atoms with Crippen molar-refractivity contribution in [3.05, 3.63) is 101 Å². The van der Waals surface area contributed by atoms with Crippen molar-refractivity contribution in [2.75, 3.05) is 11.4 Å². The molecule has 0 unspecified atom stereocenters. The monoisotopic (exact) mass is 497 g/mol. The number of alkyl carbamates (subject to hydrolysis) is 1. The van der Waals surface area contributed by atoms with E-state index in [1.807, 2.05) is 100 Å². The van der Waals surface area contributed by atoms with Gasteiger partial charge in [0.15, 0.2) is 5.78 Å². The Hall–Kier alpha value is -4.26. The van der Waals surface area contributed by atoms with Crippen LogP contribution in [0.25, 0.3) is 0 Å². The van der Waals surface area contributed by atoms with E-state index in [9.17, 15) is 14.4 Å². The lowest BCUT2D eigenvalue weighted by molar-refractivity contribution is -0.127. The first-order chi connectivity index (χ1) is 17.6. The zero-order chi connectivity index (χ0) is 26.6. The average Bonchev–Trinajstić information content (AvgIpc) is 2.99. The van der Waals surface area contributed by atoms with Gasteiger partial charge in [0.25, 0.3) is 5.91 Å². The van der Waals surface area contributed by atoms with Crippen LogP contribution in [0.1, 0.15) is 43.0 Å². The van der Waals surface area contributed by atoms with Gasteiger partial charge >= 0.3 is 6.09 Å². The number of ketones is 1. The number of carbonyl (C=O) groups excluding carboxylic acids is 3. The first-order valence-electron chi connectivity index (χ1n) is 12.2. The number of ether oxygens (including phenoxy) is 1. The molecule has 37 heavy (non-hydrogen) atoms. The molecule has 1 aliphatic rings. The number of hydrogen-bond acceptors (Lipinski definition) is 5. The topological polar surface area (TPSA) is 88.1 Å². The van der Waals surface area contributed by atoms with E-state index in [2.05, 4.69) is 5.32 Å². The molecule has 0 radical (unpaired) electrons. The predicted octanol–water partition coefficient (Wildman–Crippen LogP) is 5.05. The molecule has 1 N–H and O–H groups in total. The quantitative estimate of drug-likeness (QED) is 0.516. The van der Waals surface area contributed by atoms with E-state index in [1.54, 1.807) is 6.07 Å². The van der Waals surface area contributed by atoms with E-state index in [0.29, 0.717) is 17.0 Å². The maximum atomic E-state index is 13.8. The fraction of sp³-hybridized carbons (Fsp3) is 0.267. The number of benzodiazepines with no additional fused rings is 1. The molecule has 0 spiro atoms. The number of aryl methyl sites for hydroxylation is 1. The molecule has 1 atom stereocenters. The zero-order valence-electron chi connectivity index (χ0n) is 21.5. The number of nitrogens with zero attached hydrogens (tertiary/aromatic N) is 2. The second-order valence-corrected chi connectivity index (χ2v) is 10.1. The largest absolute Gasteiger partial charge is 0.445 e. The minimum absolute atomic E-state index is 0.0502. The lowest BCUT2D eigenvalue weighted by Crippen LogP contribution is -2.50. The van der Waals surface area contributed by atoms with Crippen LogP contribution in [-0.2, 0) is 20.9 Å². The van der Waals surface area contributed by atoms with Gasteiger partial charge < -0.3 is 9.64 Å². The number of anilines is 1. The van der Waals surface area contributed by atoms with Crippen molar-refractivity contribution >= 4 is 29.2 Å². The maximum absolute atomic E-state index is 13.8. The molecule has 0 saturated heterocycles. The van der Waals surface area contributed by atoms with Crippen LogP contribution >= 0.6 is 0 Å². The SMILES string of the molecule is Cc1ccc(C2=N[C@H](NC(=O)OCc3ccccc3)C(=O)N(CC(=O)C(C)(C)C)c3ccccc32)cc1. The van der Waals surface area contributed by atoms with Gasteiger partial charge in [-0.25, -0.2) is 9.79 Å². The van der Waals surface area contributed by atoms with Crippen molar-refractivity contribution in [3.63, 3.8) is 0 Å². The molecule has 2 amide bonds. The van der Waals surface area contributed by atoms with Crippen LogP contribution in [0.2, 0.25) is 0 Å². The molecule has 1 heterocycles. The van der Waals surface area contributed by atoms with Crippen molar-refractivity contribution in [2.45, 2.75) is 40.5 Å². The summed E-state index contributed by atoms with van der Waals surface area (Å²) in [4.78, 5) is 45.7. The Balaban J connectivity index is 1.72. The van der Waals surface area contributed by atoms with E-state index < -0.39 is 23.6 Å². The second kappa shape index (κ2) is 10.8. The molecule has 0 fully saturated rings.